The fourth-order valence-corrected chi connectivity index (χ4v) is 1.78. The van der Waals surface area contributed by atoms with Gasteiger partial charge in [0.2, 0.25) is 5.95 Å². The van der Waals surface area contributed by atoms with Gasteiger partial charge < -0.3 is 5.73 Å². The number of anilines is 1. The van der Waals surface area contributed by atoms with E-state index in [0.717, 1.165) is 5.69 Å². The van der Waals surface area contributed by atoms with Crippen LogP contribution >= 0.6 is 23.2 Å². The predicted molar refractivity (Wildman–Crippen MR) is 70.8 cm³/mol. The molecule has 94 valence electrons. The topological polar surface area (TPSA) is 56.2 Å². The maximum Gasteiger partial charge on any atom is 0.221 e. The van der Waals surface area contributed by atoms with Crippen LogP contribution in [0.4, 0.5) is 10.3 Å². The van der Waals surface area contributed by atoms with E-state index in [0.29, 0.717) is 5.56 Å². The van der Waals surface area contributed by atoms with E-state index >= 15 is 0 Å². The largest absolute Gasteiger partial charge is 0.368 e. The first-order chi connectivity index (χ1) is 8.49. The fraction of sp³-hybridized carbons (Fsp3) is 0.0909. The highest BCUT2D eigenvalue weighted by Crippen LogP contribution is 2.25. The Hall–Kier alpha value is -1.59. The zero-order valence-electron chi connectivity index (χ0n) is 9.36. The lowest BCUT2D eigenvalue weighted by Gasteiger charge is -2.01. The summed E-state index contributed by atoms with van der Waals surface area (Å²) in [6.07, 6.45) is 3.03. The molecule has 2 N–H and O–H groups in total. The van der Waals surface area contributed by atoms with E-state index in [9.17, 15) is 4.39 Å². The molecule has 0 fully saturated rings. The van der Waals surface area contributed by atoms with Gasteiger partial charge in [0.1, 0.15) is 0 Å². The third-order valence-electron chi connectivity index (χ3n) is 2.22. The minimum Gasteiger partial charge on any atom is -0.368 e. The first kappa shape index (κ1) is 12.9. The molecule has 1 aromatic carbocycles. The minimum atomic E-state index is -0.669. The van der Waals surface area contributed by atoms with E-state index in [-0.39, 0.29) is 16.0 Å². The lowest BCUT2D eigenvalue weighted by atomic mass is 10.2. The Labute approximate surface area is 113 Å². The molecule has 1 aromatic heterocycles. The van der Waals surface area contributed by atoms with Gasteiger partial charge in [0, 0.05) is 5.56 Å². The van der Waals surface area contributed by atoms with Crippen LogP contribution in [0.1, 0.15) is 11.3 Å². The molecule has 7 heteroatoms. The lowest BCUT2D eigenvalue weighted by Crippen LogP contribution is -1.97. The number of halogens is 3. The summed E-state index contributed by atoms with van der Waals surface area (Å²) >= 11 is 11.4. The number of nitrogen functional groups attached to an aromatic ring is 1. The summed E-state index contributed by atoms with van der Waals surface area (Å²) in [5.41, 5.74) is 6.75. The van der Waals surface area contributed by atoms with Crippen LogP contribution in [0.15, 0.2) is 23.4 Å². The third kappa shape index (κ3) is 2.47. The molecule has 0 spiro atoms. The maximum atomic E-state index is 13.4. The van der Waals surface area contributed by atoms with Gasteiger partial charge in [-0.25, -0.2) is 14.1 Å². The number of aryl methyl sites for hydroxylation is 1. The van der Waals surface area contributed by atoms with Gasteiger partial charge in [0.25, 0.3) is 0 Å². The number of hydrogen-bond donors (Lipinski definition) is 1. The Morgan fingerprint density at radius 3 is 2.78 bits per heavy atom. The van der Waals surface area contributed by atoms with Gasteiger partial charge in [0.15, 0.2) is 5.82 Å². The van der Waals surface area contributed by atoms with Crippen LogP contribution in [0, 0.1) is 12.7 Å². The molecule has 0 amide bonds. The summed E-state index contributed by atoms with van der Waals surface area (Å²) in [4.78, 5) is 3.98. The van der Waals surface area contributed by atoms with E-state index in [2.05, 4.69) is 10.1 Å². The first-order valence-electron chi connectivity index (χ1n) is 4.98. The zero-order valence-corrected chi connectivity index (χ0v) is 10.9. The van der Waals surface area contributed by atoms with Crippen molar-refractivity contribution >= 4 is 35.4 Å². The Morgan fingerprint density at radius 2 is 2.17 bits per heavy atom. The number of nitrogens with zero attached hydrogens (tertiary/aromatic N) is 3. The van der Waals surface area contributed by atoms with Crippen molar-refractivity contribution in [3.8, 4) is 0 Å². The summed E-state index contributed by atoms with van der Waals surface area (Å²) in [6, 6.07) is 2.98. The third-order valence-corrected chi connectivity index (χ3v) is 2.90. The molecule has 0 aliphatic carbocycles. The SMILES string of the molecule is Cc1cn(N=Cc2ccc(Cl)c(F)c2Cl)c(N)n1. The van der Waals surface area contributed by atoms with Crippen molar-refractivity contribution in [3.05, 3.63) is 45.4 Å². The van der Waals surface area contributed by atoms with E-state index < -0.39 is 5.82 Å². The number of rotatable bonds is 2. The molecule has 0 bridgehead atoms. The van der Waals surface area contributed by atoms with Crippen LogP contribution in [0.2, 0.25) is 10.0 Å². The van der Waals surface area contributed by atoms with Gasteiger partial charge in [-0.3, -0.25) is 0 Å². The molecule has 0 aliphatic rings. The Bertz CT molecular complexity index is 622. The minimum absolute atomic E-state index is 0.0323. The summed E-state index contributed by atoms with van der Waals surface area (Å²) in [5, 5.41) is 3.92. The normalized spacial score (nSPS) is 11.3. The monoisotopic (exact) mass is 286 g/mol. The maximum absolute atomic E-state index is 13.4. The van der Waals surface area contributed by atoms with Gasteiger partial charge in [-0.15, -0.1) is 0 Å². The zero-order chi connectivity index (χ0) is 13.3. The van der Waals surface area contributed by atoms with Crippen LogP contribution in [0.25, 0.3) is 0 Å². The number of benzene rings is 1. The van der Waals surface area contributed by atoms with E-state index in [1.54, 1.807) is 19.2 Å². The molecule has 1 heterocycles. The molecule has 0 aliphatic heterocycles. The Kier molecular flexibility index (Phi) is 3.54. The Morgan fingerprint density at radius 1 is 1.44 bits per heavy atom. The standard InChI is InChI=1S/C11H9Cl2FN4/c1-6-5-18(11(15)17-6)16-4-7-2-3-8(12)10(14)9(7)13/h2-5H,1H3,(H2,15,17). The lowest BCUT2D eigenvalue weighted by molar-refractivity contribution is 0.628. The second-order valence-electron chi connectivity index (χ2n) is 3.59. The van der Waals surface area contributed by atoms with Crippen molar-refractivity contribution in [2.75, 3.05) is 5.73 Å². The molecule has 0 saturated carbocycles. The summed E-state index contributed by atoms with van der Waals surface area (Å²) in [6.45, 7) is 1.79. The number of hydrogen-bond acceptors (Lipinski definition) is 3. The van der Waals surface area contributed by atoms with Crippen LogP contribution < -0.4 is 5.73 Å². The highest BCUT2D eigenvalue weighted by Gasteiger charge is 2.08. The van der Waals surface area contributed by atoms with Gasteiger partial charge in [0.05, 0.1) is 28.2 Å². The number of imidazole rings is 1. The molecule has 0 unspecified atom stereocenters. The smallest absolute Gasteiger partial charge is 0.221 e. The van der Waals surface area contributed by atoms with Crippen molar-refractivity contribution in [1.29, 1.82) is 0 Å². The van der Waals surface area contributed by atoms with Crippen LogP contribution in [0.3, 0.4) is 0 Å². The average molecular weight is 287 g/mol. The summed E-state index contributed by atoms with van der Waals surface area (Å²) < 4.78 is 14.8. The second-order valence-corrected chi connectivity index (χ2v) is 4.38. The highest BCUT2D eigenvalue weighted by molar-refractivity contribution is 6.36. The van der Waals surface area contributed by atoms with Crippen LogP contribution in [-0.2, 0) is 0 Å². The fourth-order valence-electron chi connectivity index (χ4n) is 1.36. The van der Waals surface area contributed by atoms with Crippen molar-refractivity contribution in [1.82, 2.24) is 9.66 Å². The van der Waals surface area contributed by atoms with Crippen molar-refractivity contribution in [2.45, 2.75) is 6.92 Å². The Balaban J connectivity index is 2.35. The average Bonchev–Trinajstić information content (AvgIpc) is 2.64. The molecular formula is C11H9Cl2FN4. The number of aromatic nitrogens is 2. The van der Waals surface area contributed by atoms with E-state index in [1.165, 1.54) is 17.0 Å². The molecule has 0 radical (unpaired) electrons. The molecular weight excluding hydrogens is 278 g/mol. The van der Waals surface area contributed by atoms with Crippen molar-refractivity contribution < 1.29 is 4.39 Å². The molecule has 18 heavy (non-hydrogen) atoms. The highest BCUT2D eigenvalue weighted by atomic mass is 35.5. The molecule has 0 atom stereocenters. The molecule has 2 aromatic rings. The molecule has 0 saturated heterocycles. The second kappa shape index (κ2) is 4.96. The number of nitrogens with two attached hydrogens (primary N) is 1. The van der Waals surface area contributed by atoms with Crippen molar-refractivity contribution in [2.24, 2.45) is 5.10 Å². The first-order valence-corrected chi connectivity index (χ1v) is 5.74. The van der Waals surface area contributed by atoms with Crippen LogP contribution in [-0.4, -0.2) is 15.9 Å². The predicted octanol–water partition coefficient (Wildman–Crippen LogP) is 3.10. The van der Waals surface area contributed by atoms with E-state index in [1.807, 2.05) is 0 Å². The van der Waals surface area contributed by atoms with Crippen molar-refractivity contribution in [3.63, 3.8) is 0 Å². The van der Waals surface area contributed by atoms with Crippen LogP contribution in [0.5, 0.6) is 0 Å². The van der Waals surface area contributed by atoms with Gasteiger partial charge >= 0.3 is 0 Å². The summed E-state index contributed by atoms with van der Waals surface area (Å²) in [7, 11) is 0. The quantitative estimate of drug-likeness (QED) is 0.681. The van der Waals surface area contributed by atoms with Gasteiger partial charge in [-0.1, -0.05) is 29.3 Å². The van der Waals surface area contributed by atoms with E-state index in [4.69, 9.17) is 28.9 Å². The molecule has 2 rings (SSSR count). The summed E-state index contributed by atoms with van der Waals surface area (Å²) in [5.74, 6) is -0.425. The van der Waals surface area contributed by atoms with Gasteiger partial charge in [-0.05, 0) is 13.0 Å². The van der Waals surface area contributed by atoms with Gasteiger partial charge in [-0.2, -0.15) is 5.10 Å². The molecule has 4 nitrogen and oxygen atoms in total.